The number of aryl methyl sites for hydroxylation is 1. The van der Waals surface area contributed by atoms with Crippen molar-refractivity contribution in [3.8, 4) is 23.1 Å². The minimum Gasteiger partial charge on any atom is -0.493 e. The molecule has 7 nitrogen and oxygen atoms in total. The Morgan fingerprint density at radius 1 is 0.975 bits per heavy atom. The molecule has 0 aliphatic carbocycles. The first-order valence-corrected chi connectivity index (χ1v) is 13.4. The van der Waals surface area contributed by atoms with E-state index in [4.69, 9.17) is 18.9 Å². The third-order valence-corrected chi connectivity index (χ3v) is 7.20. The molecule has 2 heterocycles. The summed E-state index contributed by atoms with van der Waals surface area (Å²) < 4.78 is 19.7. The molecule has 0 unspecified atom stereocenters. The summed E-state index contributed by atoms with van der Waals surface area (Å²) in [6, 6.07) is 28.5. The summed E-state index contributed by atoms with van der Waals surface area (Å²) in [7, 11) is 1.58. The number of methoxy groups -OCH3 is 1. The molecule has 0 saturated carbocycles. The Bertz CT molecular complexity index is 1910. The summed E-state index contributed by atoms with van der Waals surface area (Å²) in [6.07, 6.45) is 1.58. The first kappa shape index (κ1) is 25.6. The molecule has 0 amide bonds. The van der Waals surface area contributed by atoms with Crippen LogP contribution in [-0.4, -0.2) is 23.0 Å². The highest BCUT2D eigenvalue weighted by atomic mass is 79.9. The minimum atomic E-state index is -0.307. The molecule has 0 atom stereocenters. The maximum absolute atomic E-state index is 13.6. The van der Waals surface area contributed by atoms with Gasteiger partial charge in [0.2, 0.25) is 5.82 Å². The van der Waals surface area contributed by atoms with Gasteiger partial charge in [-0.2, -0.15) is 9.78 Å². The minimum absolute atomic E-state index is 0.303. The number of hydrogen-bond donors (Lipinski definition) is 0. The quantitative estimate of drug-likeness (QED) is 0.181. The van der Waals surface area contributed by atoms with Crippen molar-refractivity contribution in [1.29, 1.82) is 0 Å². The number of ether oxygens (including phenoxy) is 2. The number of aromatic nitrogens is 2. The molecule has 0 radical (unpaired) electrons. The van der Waals surface area contributed by atoms with E-state index in [9.17, 15) is 4.79 Å². The van der Waals surface area contributed by atoms with Gasteiger partial charge in [0.1, 0.15) is 12.2 Å². The van der Waals surface area contributed by atoms with Gasteiger partial charge < -0.3 is 13.9 Å². The van der Waals surface area contributed by atoms with E-state index in [1.165, 1.54) is 10.2 Å². The average molecular weight is 594 g/mol. The van der Waals surface area contributed by atoms with Crippen LogP contribution >= 0.6 is 15.9 Å². The van der Waals surface area contributed by atoms with Crippen LogP contribution in [0.1, 0.15) is 16.7 Å². The first-order chi connectivity index (χ1) is 19.5. The lowest BCUT2D eigenvalue weighted by Crippen LogP contribution is -2.20. The maximum atomic E-state index is 13.6. The molecule has 0 N–H and O–H groups in total. The second-order valence-electron chi connectivity index (χ2n) is 9.26. The lowest BCUT2D eigenvalue weighted by molar-refractivity contribution is 0.284. The standard InChI is InChI=1S/C32H24BrN3O4/c1-20-11-13-21(14-12-20)19-39-29-17-25(33)23(16-28(29)38-2)18-34-36-31(30-15-22-7-3-6-10-27(22)40-30)35-26-9-5-4-8-24(26)32(36)37/h3-18H,19H2,1-2H3. The number of fused-ring (bicyclic) bond motifs is 2. The van der Waals surface area contributed by atoms with Crippen molar-refractivity contribution in [2.45, 2.75) is 13.5 Å². The van der Waals surface area contributed by atoms with Gasteiger partial charge in [0.05, 0.1) is 24.2 Å². The van der Waals surface area contributed by atoms with Crippen molar-refractivity contribution in [3.63, 3.8) is 0 Å². The van der Waals surface area contributed by atoms with Crippen LogP contribution in [0.2, 0.25) is 0 Å². The fraction of sp³-hybridized carbons (Fsp3) is 0.0938. The number of furan rings is 1. The lowest BCUT2D eigenvalue weighted by atomic mass is 10.2. The summed E-state index contributed by atoms with van der Waals surface area (Å²) in [5.74, 6) is 1.87. The molecule has 0 bridgehead atoms. The smallest absolute Gasteiger partial charge is 0.282 e. The number of hydrogen-bond acceptors (Lipinski definition) is 6. The van der Waals surface area contributed by atoms with E-state index in [2.05, 4.69) is 33.2 Å². The fourth-order valence-electron chi connectivity index (χ4n) is 4.37. The summed E-state index contributed by atoms with van der Waals surface area (Å²) in [5.41, 5.74) is 3.89. The van der Waals surface area contributed by atoms with E-state index >= 15 is 0 Å². The van der Waals surface area contributed by atoms with E-state index < -0.39 is 0 Å². The number of para-hydroxylation sites is 2. The van der Waals surface area contributed by atoms with Crippen molar-refractivity contribution in [2.75, 3.05) is 7.11 Å². The number of nitrogens with zero attached hydrogens (tertiary/aromatic N) is 3. The van der Waals surface area contributed by atoms with E-state index in [1.54, 1.807) is 37.6 Å². The number of rotatable bonds is 7. The molecule has 4 aromatic carbocycles. The molecule has 2 aromatic heterocycles. The molecule has 0 aliphatic heterocycles. The van der Waals surface area contributed by atoms with Crippen molar-refractivity contribution in [2.24, 2.45) is 5.10 Å². The molecule has 0 aliphatic rings. The van der Waals surface area contributed by atoms with Crippen molar-refractivity contribution < 1.29 is 13.9 Å². The van der Waals surface area contributed by atoms with Crippen LogP contribution in [-0.2, 0) is 6.61 Å². The SMILES string of the molecule is COc1cc(C=Nn2c(-c3cc4ccccc4o3)nc3ccccc3c2=O)c(Br)cc1OCc1ccc(C)cc1. The molecule has 0 fully saturated rings. The summed E-state index contributed by atoms with van der Waals surface area (Å²) in [5, 5.41) is 5.93. The molecule has 6 rings (SSSR count). The van der Waals surface area contributed by atoms with E-state index in [1.807, 2.05) is 61.5 Å². The predicted octanol–water partition coefficient (Wildman–Crippen LogP) is 7.35. The monoisotopic (exact) mass is 593 g/mol. The van der Waals surface area contributed by atoms with Crippen LogP contribution in [0.15, 0.2) is 110 Å². The highest BCUT2D eigenvalue weighted by molar-refractivity contribution is 9.10. The zero-order valence-electron chi connectivity index (χ0n) is 21.8. The van der Waals surface area contributed by atoms with Crippen molar-refractivity contribution in [1.82, 2.24) is 9.66 Å². The molecule has 8 heteroatoms. The Hall–Kier alpha value is -4.69. The molecular formula is C32H24BrN3O4. The molecule has 0 spiro atoms. The lowest BCUT2D eigenvalue weighted by Gasteiger charge is -2.13. The summed E-state index contributed by atoms with van der Waals surface area (Å²) in [6.45, 7) is 2.45. The van der Waals surface area contributed by atoms with Crippen LogP contribution in [0, 0.1) is 6.92 Å². The molecule has 40 heavy (non-hydrogen) atoms. The molecule has 198 valence electrons. The summed E-state index contributed by atoms with van der Waals surface area (Å²) >= 11 is 3.62. The number of benzene rings is 4. The highest BCUT2D eigenvalue weighted by Gasteiger charge is 2.17. The van der Waals surface area contributed by atoms with Gasteiger partial charge in [-0.05, 0) is 64.8 Å². The Morgan fingerprint density at radius 2 is 1.75 bits per heavy atom. The van der Waals surface area contributed by atoms with Gasteiger partial charge >= 0.3 is 0 Å². The highest BCUT2D eigenvalue weighted by Crippen LogP contribution is 2.34. The van der Waals surface area contributed by atoms with Gasteiger partial charge in [-0.1, -0.05) is 60.2 Å². The molecular weight excluding hydrogens is 570 g/mol. The topological polar surface area (TPSA) is 78.9 Å². The third-order valence-electron chi connectivity index (χ3n) is 6.51. The van der Waals surface area contributed by atoms with Gasteiger partial charge in [-0.3, -0.25) is 4.79 Å². The fourth-order valence-corrected chi connectivity index (χ4v) is 4.79. The maximum Gasteiger partial charge on any atom is 0.282 e. The van der Waals surface area contributed by atoms with Crippen LogP contribution in [0.4, 0.5) is 0 Å². The van der Waals surface area contributed by atoms with E-state index in [0.29, 0.717) is 51.7 Å². The van der Waals surface area contributed by atoms with Gasteiger partial charge in [0.15, 0.2) is 17.3 Å². The van der Waals surface area contributed by atoms with Crippen molar-refractivity contribution in [3.05, 3.63) is 123 Å². The predicted molar refractivity (Wildman–Crippen MR) is 160 cm³/mol. The third kappa shape index (κ3) is 5.01. The largest absolute Gasteiger partial charge is 0.493 e. The zero-order chi connectivity index (χ0) is 27.6. The first-order valence-electron chi connectivity index (χ1n) is 12.6. The van der Waals surface area contributed by atoms with Crippen LogP contribution in [0.5, 0.6) is 11.5 Å². The van der Waals surface area contributed by atoms with Crippen LogP contribution in [0.25, 0.3) is 33.5 Å². The second kappa shape index (κ2) is 10.8. The van der Waals surface area contributed by atoms with Crippen LogP contribution < -0.4 is 15.0 Å². The normalized spacial score (nSPS) is 11.5. The average Bonchev–Trinajstić information content (AvgIpc) is 3.41. The Kier molecular flexibility index (Phi) is 6.92. The Balaban J connectivity index is 1.39. The van der Waals surface area contributed by atoms with E-state index in [-0.39, 0.29) is 5.56 Å². The Labute approximate surface area is 238 Å². The zero-order valence-corrected chi connectivity index (χ0v) is 23.4. The Morgan fingerprint density at radius 3 is 2.55 bits per heavy atom. The van der Waals surface area contributed by atoms with Crippen molar-refractivity contribution >= 4 is 44.0 Å². The van der Waals surface area contributed by atoms with Gasteiger partial charge in [0, 0.05) is 15.4 Å². The number of halogens is 1. The van der Waals surface area contributed by atoms with Gasteiger partial charge in [-0.15, -0.1) is 0 Å². The summed E-state index contributed by atoms with van der Waals surface area (Å²) in [4.78, 5) is 18.3. The van der Waals surface area contributed by atoms with Crippen LogP contribution in [0.3, 0.4) is 0 Å². The second-order valence-corrected chi connectivity index (χ2v) is 10.1. The van der Waals surface area contributed by atoms with Gasteiger partial charge in [0.25, 0.3) is 5.56 Å². The van der Waals surface area contributed by atoms with E-state index in [0.717, 1.165) is 15.4 Å². The van der Waals surface area contributed by atoms with Gasteiger partial charge in [-0.25, -0.2) is 4.98 Å². The molecule has 6 aromatic rings. The molecule has 0 saturated heterocycles.